The molecular weight excluding hydrogens is 210 g/mol. The molecule has 0 heterocycles. The molecule has 1 rings (SSSR count). The zero-order valence-electron chi connectivity index (χ0n) is 6.54. The van der Waals surface area contributed by atoms with Crippen molar-refractivity contribution < 1.29 is 17.6 Å². The van der Waals surface area contributed by atoms with Crippen LogP contribution in [0.1, 0.15) is 6.92 Å². The summed E-state index contributed by atoms with van der Waals surface area (Å²) in [6, 6.07) is 0. The summed E-state index contributed by atoms with van der Waals surface area (Å²) in [6.45, 7) is 0.606. The van der Waals surface area contributed by atoms with E-state index in [4.69, 9.17) is 17.3 Å². The summed E-state index contributed by atoms with van der Waals surface area (Å²) in [4.78, 5) is 0. The molecular formula is C7H6ClF4N. The fraction of sp³-hybridized carbons (Fsp3) is 0.429. The molecule has 0 saturated carbocycles. The van der Waals surface area contributed by atoms with Gasteiger partial charge in [0.25, 0.3) is 0 Å². The van der Waals surface area contributed by atoms with Gasteiger partial charge in [-0.05, 0) is 6.92 Å². The first-order valence-electron chi connectivity index (χ1n) is 3.34. The van der Waals surface area contributed by atoms with Crippen molar-refractivity contribution in [3.8, 4) is 0 Å². The van der Waals surface area contributed by atoms with Crippen LogP contribution in [-0.2, 0) is 0 Å². The minimum absolute atomic E-state index is 0.606. The first-order valence-corrected chi connectivity index (χ1v) is 3.72. The van der Waals surface area contributed by atoms with Gasteiger partial charge in [-0.25, -0.2) is 17.6 Å². The van der Waals surface area contributed by atoms with Crippen LogP contribution < -0.4 is 5.73 Å². The Hall–Kier alpha value is -0.710. The van der Waals surface area contributed by atoms with Crippen molar-refractivity contribution in [1.82, 2.24) is 0 Å². The van der Waals surface area contributed by atoms with Crippen LogP contribution in [0.5, 0.6) is 0 Å². The van der Waals surface area contributed by atoms with Gasteiger partial charge in [0.1, 0.15) is 5.03 Å². The molecule has 0 fully saturated rings. The zero-order chi connectivity index (χ0) is 10.4. The molecule has 74 valence electrons. The number of hydrogen-bond acceptors (Lipinski definition) is 1. The van der Waals surface area contributed by atoms with Crippen molar-refractivity contribution in [3.63, 3.8) is 0 Å². The van der Waals surface area contributed by atoms with Gasteiger partial charge < -0.3 is 5.73 Å². The molecule has 0 aromatic heterocycles. The van der Waals surface area contributed by atoms with Gasteiger partial charge in [-0.1, -0.05) is 11.6 Å². The van der Waals surface area contributed by atoms with Crippen LogP contribution >= 0.6 is 11.6 Å². The minimum atomic E-state index is -2.99. The monoisotopic (exact) mass is 215 g/mol. The smallest absolute Gasteiger partial charge is 0.197 e. The molecule has 0 saturated heterocycles. The Morgan fingerprint density at radius 2 is 1.92 bits per heavy atom. The van der Waals surface area contributed by atoms with E-state index in [2.05, 4.69) is 0 Å². The van der Waals surface area contributed by atoms with Crippen LogP contribution in [0.4, 0.5) is 17.6 Å². The van der Waals surface area contributed by atoms with Crippen molar-refractivity contribution in [2.75, 3.05) is 0 Å². The number of halogens is 5. The molecule has 2 N–H and O–H groups in total. The predicted molar refractivity (Wildman–Crippen MR) is 40.7 cm³/mol. The van der Waals surface area contributed by atoms with Gasteiger partial charge in [-0.2, -0.15) is 0 Å². The lowest BCUT2D eigenvalue weighted by atomic mass is 9.93. The molecule has 2 unspecified atom stereocenters. The summed E-state index contributed by atoms with van der Waals surface area (Å²) in [5, 5.41) is -1.10. The molecule has 0 spiro atoms. The van der Waals surface area contributed by atoms with E-state index in [1.807, 2.05) is 0 Å². The molecule has 0 aromatic rings. The maximum Gasteiger partial charge on any atom is 0.197 e. The number of hydrogen-bond donors (Lipinski definition) is 1. The van der Waals surface area contributed by atoms with Gasteiger partial charge in [0.2, 0.25) is 0 Å². The lowest BCUT2D eigenvalue weighted by Gasteiger charge is -2.27. The average Bonchev–Trinajstić information content (AvgIpc) is 2.09. The van der Waals surface area contributed by atoms with Crippen LogP contribution in [-0.4, -0.2) is 11.8 Å². The quantitative estimate of drug-likeness (QED) is 0.618. The molecule has 1 aliphatic rings. The molecule has 0 aliphatic heterocycles. The first kappa shape index (κ1) is 10.4. The minimum Gasteiger partial charge on any atom is -0.397 e. The number of alkyl halides is 2. The molecule has 1 nitrogen and oxygen atoms in total. The van der Waals surface area contributed by atoms with E-state index in [1.165, 1.54) is 0 Å². The molecule has 0 radical (unpaired) electrons. The highest BCUT2D eigenvalue weighted by atomic mass is 35.5. The first-order chi connectivity index (χ1) is 5.80. The van der Waals surface area contributed by atoms with Crippen molar-refractivity contribution in [2.24, 2.45) is 5.73 Å². The Balaban J connectivity index is 3.32. The Kier molecular flexibility index (Phi) is 2.32. The normalized spacial score (nSPS) is 35.7. The second kappa shape index (κ2) is 2.90. The molecule has 0 aromatic carbocycles. The lowest BCUT2D eigenvalue weighted by Crippen LogP contribution is -2.40. The fourth-order valence-electron chi connectivity index (χ4n) is 0.952. The summed E-state index contributed by atoms with van der Waals surface area (Å²) in [5.74, 6) is -3.12. The summed E-state index contributed by atoms with van der Waals surface area (Å²) in [6.07, 6.45) is -2.55. The third kappa shape index (κ3) is 1.31. The van der Waals surface area contributed by atoms with Crippen molar-refractivity contribution in [1.29, 1.82) is 0 Å². The predicted octanol–water partition coefficient (Wildman–Crippen LogP) is 2.63. The van der Waals surface area contributed by atoms with Crippen LogP contribution in [0.3, 0.4) is 0 Å². The van der Waals surface area contributed by atoms with Gasteiger partial charge >= 0.3 is 0 Å². The summed E-state index contributed by atoms with van der Waals surface area (Å²) in [7, 11) is 0. The Bertz CT molecular complexity index is 308. The molecule has 0 amide bonds. The van der Waals surface area contributed by atoms with E-state index < -0.39 is 34.2 Å². The molecule has 6 heteroatoms. The van der Waals surface area contributed by atoms with E-state index in [1.54, 1.807) is 0 Å². The molecule has 13 heavy (non-hydrogen) atoms. The lowest BCUT2D eigenvalue weighted by molar-refractivity contribution is 0.0935. The standard InChI is InChI=1S/C7H6ClF4N/c1-7(12)5(10)2(8)3(9)4(13)6(7)11/h6H,13H2,1H3. The highest BCUT2D eigenvalue weighted by Gasteiger charge is 2.48. The molecule has 1 aliphatic carbocycles. The number of allylic oxidation sites excluding steroid dienone is 4. The highest BCUT2D eigenvalue weighted by Crippen LogP contribution is 2.42. The number of rotatable bonds is 0. The Labute approximate surface area is 76.8 Å². The highest BCUT2D eigenvalue weighted by molar-refractivity contribution is 6.32. The van der Waals surface area contributed by atoms with E-state index in [9.17, 15) is 17.6 Å². The van der Waals surface area contributed by atoms with Gasteiger partial charge in [0.15, 0.2) is 23.5 Å². The van der Waals surface area contributed by atoms with E-state index >= 15 is 0 Å². The van der Waals surface area contributed by atoms with E-state index in [0.717, 1.165) is 0 Å². The third-order valence-corrected chi connectivity index (χ3v) is 2.15. The van der Waals surface area contributed by atoms with Crippen LogP contribution in [0.15, 0.2) is 22.4 Å². The van der Waals surface area contributed by atoms with Gasteiger partial charge in [0, 0.05) is 0 Å². The SMILES string of the molecule is CC1(F)C(F)=C(Cl)C(F)=C(N)C1F. The number of nitrogens with two attached hydrogens (primary N) is 1. The van der Waals surface area contributed by atoms with E-state index in [0.29, 0.717) is 6.92 Å². The van der Waals surface area contributed by atoms with Gasteiger partial charge in [0.05, 0.1) is 5.70 Å². The Morgan fingerprint density at radius 1 is 1.46 bits per heavy atom. The summed E-state index contributed by atoms with van der Waals surface area (Å²) in [5.41, 5.74) is 0.848. The maximum absolute atomic E-state index is 13.2. The van der Waals surface area contributed by atoms with Crippen LogP contribution in [0.2, 0.25) is 0 Å². The summed E-state index contributed by atoms with van der Waals surface area (Å²) < 4.78 is 51.6. The van der Waals surface area contributed by atoms with Gasteiger partial charge in [-0.15, -0.1) is 0 Å². The second-order valence-corrected chi connectivity index (χ2v) is 3.21. The summed E-state index contributed by atoms with van der Waals surface area (Å²) >= 11 is 5.05. The maximum atomic E-state index is 13.2. The van der Waals surface area contributed by atoms with E-state index in [-0.39, 0.29) is 0 Å². The van der Waals surface area contributed by atoms with Crippen molar-refractivity contribution >= 4 is 11.6 Å². The van der Waals surface area contributed by atoms with Gasteiger partial charge in [-0.3, -0.25) is 0 Å². The molecule has 2 atom stereocenters. The second-order valence-electron chi connectivity index (χ2n) is 2.84. The Morgan fingerprint density at radius 3 is 2.38 bits per heavy atom. The zero-order valence-corrected chi connectivity index (χ0v) is 7.30. The average molecular weight is 216 g/mol. The third-order valence-electron chi connectivity index (χ3n) is 1.82. The molecule has 0 bridgehead atoms. The van der Waals surface area contributed by atoms with Crippen molar-refractivity contribution in [2.45, 2.75) is 18.8 Å². The van der Waals surface area contributed by atoms with Crippen LogP contribution in [0, 0.1) is 0 Å². The fourth-order valence-corrected chi connectivity index (χ4v) is 1.25. The van der Waals surface area contributed by atoms with Crippen LogP contribution in [0.25, 0.3) is 0 Å². The van der Waals surface area contributed by atoms with Crippen molar-refractivity contribution in [3.05, 3.63) is 22.4 Å². The topological polar surface area (TPSA) is 26.0 Å². The largest absolute Gasteiger partial charge is 0.397 e.